The van der Waals surface area contributed by atoms with Gasteiger partial charge in [-0.3, -0.25) is 4.79 Å². The van der Waals surface area contributed by atoms with Crippen LogP contribution in [0.5, 0.6) is 0 Å². The average Bonchev–Trinajstić information content (AvgIpc) is 2.58. The zero-order valence-electron chi connectivity index (χ0n) is 16.8. The number of aliphatic carboxylic acids is 1. The maximum atomic E-state index is 10.4. The zero-order valence-corrected chi connectivity index (χ0v) is 16.8. The van der Waals surface area contributed by atoms with E-state index in [1.807, 2.05) is 13.3 Å². The summed E-state index contributed by atoms with van der Waals surface area (Å²) in [5, 5.41) is 8.56. The Morgan fingerprint density at radius 3 is 1.88 bits per heavy atom. The Hall–Kier alpha value is -0.610. The van der Waals surface area contributed by atoms with Crippen LogP contribution in [0.2, 0.25) is 0 Å². The van der Waals surface area contributed by atoms with Gasteiger partial charge in [0.2, 0.25) is 0 Å². The summed E-state index contributed by atoms with van der Waals surface area (Å²) in [6, 6.07) is 0. The van der Waals surface area contributed by atoms with Gasteiger partial charge in [0.1, 0.15) is 0 Å². The van der Waals surface area contributed by atoms with Crippen LogP contribution in [-0.2, 0) is 14.3 Å². The van der Waals surface area contributed by atoms with E-state index in [-0.39, 0.29) is 6.10 Å². The second-order valence-electron chi connectivity index (χ2n) is 7.16. The lowest BCUT2D eigenvalue weighted by atomic mass is 10.0. The van der Waals surface area contributed by atoms with E-state index in [0.29, 0.717) is 25.7 Å². The van der Waals surface area contributed by atoms with Crippen LogP contribution < -0.4 is 0 Å². The summed E-state index contributed by atoms with van der Waals surface area (Å²) in [5.41, 5.74) is 0. The second-order valence-corrected chi connectivity index (χ2v) is 7.16. The molecule has 0 saturated carbocycles. The van der Waals surface area contributed by atoms with Crippen molar-refractivity contribution >= 4 is 5.97 Å². The van der Waals surface area contributed by atoms with Crippen molar-refractivity contribution in [3.8, 4) is 0 Å². The number of carboxylic acids is 1. The lowest BCUT2D eigenvalue weighted by Crippen LogP contribution is -2.20. The molecule has 0 heterocycles. The molecule has 0 aliphatic carbocycles. The minimum Gasteiger partial charge on any atom is -0.481 e. The summed E-state index contributed by atoms with van der Waals surface area (Å²) in [7, 11) is 0. The van der Waals surface area contributed by atoms with Crippen LogP contribution in [0, 0.1) is 6.42 Å². The number of unbranched alkanes of at least 4 members (excludes halogenated alkanes) is 9. The van der Waals surface area contributed by atoms with Crippen LogP contribution in [0.4, 0.5) is 0 Å². The SMILES string of the molecule is C[CH]COC(C)COC(C)CCCCCCCCCCCCC(=O)O. The largest absolute Gasteiger partial charge is 0.481 e. The second kappa shape index (κ2) is 18.2. The number of hydrogen-bond donors (Lipinski definition) is 1. The smallest absolute Gasteiger partial charge is 0.303 e. The van der Waals surface area contributed by atoms with Gasteiger partial charge in [-0.25, -0.2) is 0 Å². The number of ether oxygens (including phenoxy) is 2. The summed E-state index contributed by atoms with van der Waals surface area (Å²) in [6.07, 6.45) is 16.1. The van der Waals surface area contributed by atoms with Crippen molar-refractivity contribution in [2.45, 2.75) is 110 Å². The highest BCUT2D eigenvalue weighted by molar-refractivity contribution is 5.66. The molecule has 25 heavy (non-hydrogen) atoms. The van der Waals surface area contributed by atoms with Crippen LogP contribution in [0.3, 0.4) is 0 Å². The molecular formula is C21H41O4. The van der Waals surface area contributed by atoms with Gasteiger partial charge < -0.3 is 14.6 Å². The third kappa shape index (κ3) is 19.6. The zero-order chi connectivity index (χ0) is 18.8. The lowest BCUT2D eigenvalue weighted by Gasteiger charge is -2.17. The Bertz CT molecular complexity index is 294. The molecular weight excluding hydrogens is 316 g/mol. The molecule has 0 rings (SSSR count). The van der Waals surface area contributed by atoms with Crippen molar-refractivity contribution in [1.82, 2.24) is 0 Å². The number of rotatable bonds is 19. The van der Waals surface area contributed by atoms with E-state index in [4.69, 9.17) is 14.6 Å². The predicted molar refractivity (Wildman–Crippen MR) is 104 cm³/mol. The molecule has 149 valence electrons. The normalized spacial score (nSPS) is 13.7. The molecule has 0 aliphatic rings. The summed E-state index contributed by atoms with van der Waals surface area (Å²) in [6.45, 7) is 7.59. The molecule has 1 N–H and O–H groups in total. The summed E-state index contributed by atoms with van der Waals surface area (Å²) in [5.74, 6) is -0.669. The highest BCUT2D eigenvalue weighted by atomic mass is 16.5. The van der Waals surface area contributed by atoms with Crippen molar-refractivity contribution in [3.63, 3.8) is 0 Å². The Morgan fingerprint density at radius 1 is 0.840 bits per heavy atom. The molecule has 0 aromatic heterocycles. The van der Waals surface area contributed by atoms with Gasteiger partial charge >= 0.3 is 5.97 Å². The maximum absolute atomic E-state index is 10.4. The Morgan fingerprint density at radius 2 is 1.36 bits per heavy atom. The fraction of sp³-hybridized carbons (Fsp3) is 0.905. The molecule has 0 aromatic rings. The molecule has 4 heteroatoms. The summed E-state index contributed by atoms with van der Waals surface area (Å²) in [4.78, 5) is 10.4. The van der Waals surface area contributed by atoms with Crippen molar-refractivity contribution in [2.75, 3.05) is 13.2 Å². The quantitative estimate of drug-likeness (QED) is 0.297. The van der Waals surface area contributed by atoms with Crippen LogP contribution >= 0.6 is 0 Å². The summed E-state index contributed by atoms with van der Waals surface area (Å²) < 4.78 is 11.4. The molecule has 0 spiro atoms. The molecule has 0 saturated heterocycles. The molecule has 0 amide bonds. The highest BCUT2D eigenvalue weighted by Gasteiger charge is 2.06. The molecule has 0 fully saturated rings. The number of hydrogen-bond acceptors (Lipinski definition) is 3. The number of carbonyl (C=O) groups is 1. The topological polar surface area (TPSA) is 55.8 Å². The predicted octanol–water partition coefficient (Wildman–Crippen LogP) is 5.79. The molecule has 0 aromatic carbocycles. The van der Waals surface area contributed by atoms with Gasteiger partial charge in [-0.2, -0.15) is 0 Å². The molecule has 0 aliphatic heterocycles. The van der Waals surface area contributed by atoms with E-state index in [9.17, 15) is 4.79 Å². The Labute approximate surface area is 155 Å². The first-order valence-electron chi connectivity index (χ1n) is 10.3. The maximum Gasteiger partial charge on any atom is 0.303 e. The minimum atomic E-state index is -0.669. The van der Waals surface area contributed by atoms with Crippen molar-refractivity contribution in [3.05, 3.63) is 6.42 Å². The molecule has 2 unspecified atom stereocenters. The van der Waals surface area contributed by atoms with E-state index < -0.39 is 5.97 Å². The van der Waals surface area contributed by atoms with Crippen LogP contribution in [0.25, 0.3) is 0 Å². The van der Waals surface area contributed by atoms with Gasteiger partial charge in [0.05, 0.1) is 18.8 Å². The fourth-order valence-corrected chi connectivity index (χ4v) is 2.81. The number of carboxylic acid groups (broad SMARTS) is 1. The third-order valence-corrected chi connectivity index (χ3v) is 4.41. The van der Waals surface area contributed by atoms with Gasteiger partial charge in [-0.1, -0.05) is 64.7 Å². The van der Waals surface area contributed by atoms with Crippen molar-refractivity contribution in [2.24, 2.45) is 0 Å². The van der Waals surface area contributed by atoms with Gasteiger partial charge in [0.15, 0.2) is 0 Å². The van der Waals surface area contributed by atoms with E-state index >= 15 is 0 Å². The van der Waals surface area contributed by atoms with Gasteiger partial charge in [0, 0.05) is 13.0 Å². The first kappa shape index (κ1) is 24.4. The average molecular weight is 358 g/mol. The van der Waals surface area contributed by atoms with E-state index in [2.05, 4.69) is 13.8 Å². The first-order valence-corrected chi connectivity index (χ1v) is 10.3. The summed E-state index contributed by atoms with van der Waals surface area (Å²) >= 11 is 0. The highest BCUT2D eigenvalue weighted by Crippen LogP contribution is 2.13. The molecule has 2 atom stereocenters. The van der Waals surface area contributed by atoms with Crippen molar-refractivity contribution < 1.29 is 19.4 Å². The Balaban J connectivity index is 3.23. The van der Waals surface area contributed by atoms with Gasteiger partial charge in [-0.05, 0) is 33.1 Å². The monoisotopic (exact) mass is 357 g/mol. The molecule has 1 radical (unpaired) electrons. The first-order chi connectivity index (χ1) is 12.1. The van der Waals surface area contributed by atoms with Crippen LogP contribution in [0.15, 0.2) is 0 Å². The van der Waals surface area contributed by atoms with Crippen molar-refractivity contribution in [1.29, 1.82) is 0 Å². The van der Waals surface area contributed by atoms with Gasteiger partial charge in [-0.15, -0.1) is 0 Å². The molecule has 0 bridgehead atoms. The van der Waals surface area contributed by atoms with E-state index in [1.165, 1.54) is 51.4 Å². The lowest BCUT2D eigenvalue weighted by molar-refractivity contribution is -0.137. The Kier molecular flexibility index (Phi) is 17.7. The fourth-order valence-electron chi connectivity index (χ4n) is 2.81. The van der Waals surface area contributed by atoms with E-state index in [1.54, 1.807) is 0 Å². The standard InChI is InChI=1S/C21H41O4/c1-4-17-24-20(3)18-25-19(2)15-13-11-9-7-5-6-8-10-12-14-16-21(22)23/h4,19-20H,5-18H2,1-3H3,(H,22,23). The van der Waals surface area contributed by atoms with Crippen LogP contribution in [0.1, 0.15) is 97.8 Å². The van der Waals surface area contributed by atoms with E-state index in [0.717, 1.165) is 19.3 Å². The van der Waals surface area contributed by atoms with Crippen LogP contribution in [-0.4, -0.2) is 36.5 Å². The third-order valence-electron chi connectivity index (χ3n) is 4.41. The van der Waals surface area contributed by atoms with Gasteiger partial charge in [0.25, 0.3) is 0 Å². The molecule has 4 nitrogen and oxygen atoms in total. The minimum absolute atomic E-state index is 0.169.